The molecule has 344 valence electrons. The van der Waals surface area contributed by atoms with Gasteiger partial charge in [0.15, 0.2) is 0 Å². The highest BCUT2D eigenvalue weighted by Crippen LogP contribution is 2.23. The number of aldehydes is 1. The summed E-state index contributed by atoms with van der Waals surface area (Å²) in [6.45, 7) is 13.1. The van der Waals surface area contributed by atoms with Gasteiger partial charge in [-0.1, -0.05) is 72.7 Å². The predicted octanol–water partition coefficient (Wildman–Crippen LogP) is 1.65. The van der Waals surface area contributed by atoms with Gasteiger partial charge in [0.05, 0.1) is 24.6 Å². The summed E-state index contributed by atoms with van der Waals surface area (Å²) in [5, 5.41) is 23.6. The van der Waals surface area contributed by atoms with Crippen LogP contribution in [0.1, 0.15) is 91.7 Å². The molecule has 7 N–H and O–H groups in total. The zero-order chi connectivity index (χ0) is 47.0. The number of benzene rings is 1. The van der Waals surface area contributed by atoms with Crippen molar-refractivity contribution in [2.75, 3.05) is 12.0 Å². The maximum Gasteiger partial charge on any atom is 0.391 e. The Bertz CT molecular complexity index is 1830. The molecule has 0 aliphatic heterocycles. The fourth-order valence-corrected chi connectivity index (χ4v) is 6.61. The van der Waals surface area contributed by atoms with E-state index in [1.807, 2.05) is 5.32 Å². The summed E-state index contributed by atoms with van der Waals surface area (Å²) in [4.78, 5) is 104. The van der Waals surface area contributed by atoms with Crippen LogP contribution in [0.5, 0.6) is 0 Å². The Hall–Kier alpha value is -5.08. The third-order valence-electron chi connectivity index (χ3n) is 9.26. The van der Waals surface area contributed by atoms with Crippen molar-refractivity contribution in [1.82, 2.24) is 31.9 Å². The molecule has 0 aliphatic carbocycles. The Balaban J connectivity index is 3.52. The number of halogens is 3. The first-order valence-electron chi connectivity index (χ1n) is 19.7. The van der Waals surface area contributed by atoms with Crippen LogP contribution in [0.25, 0.3) is 0 Å². The molecule has 0 heterocycles. The molecule has 0 fully saturated rings. The van der Waals surface area contributed by atoms with E-state index in [1.54, 1.807) is 79.7 Å². The number of sulfone groups is 1. The van der Waals surface area contributed by atoms with Crippen molar-refractivity contribution in [2.45, 2.75) is 136 Å². The number of hydrogen-bond acceptors (Lipinski definition) is 10. The van der Waals surface area contributed by atoms with Gasteiger partial charge in [-0.25, -0.2) is 8.42 Å². The molecule has 0 saturated heterocycles. The van der Waals surface area contributed by atoms with E-state index >= 15 is 0 Å². The smallest absolute Gasteiger partial charge is 0.391 e. The molecule has 0 aromatic heterocycles. The Kier molecular flexibility index (Phi) is 21.0. The summed E-state index contributed by atoms with van der Waals surface area (Å²) in [5.41, 5.74) is 0.288. The maximum absolute atomic E-state index is 14.2. The van der Waals surface area contributed by atoms with Gasteiger partial charge in [-0.2, -0.15) is 13.2 Å². The van der Waals surface area contributed by atoms with Crippen LogP contribution < -0.4 is 31.9 Å². The number of alkyl halides is 3. The van der Waals surface area contributed by atoms with Crippen molar-refractivity contribution in [3.63, 3.8) is 0 Å². The van der Waals surface area contributed by atoms with E-state index in [4.69, 9.17) is 5.11 Å². The van der Waals surface area contributed by atoms with E-state index in [9.17, 15) is 59.9 Å². The number of hydrogen-bond donors (Lipinski definition) is 7. The first-order chi connectivity index (χ1) is 27.9. The van der Waals surface area contributed by atoms with E-state index in [0.717, 1.165) is 11.8 Å². The Labute approximate surface area is 354 Å². The molecule has 1 rings (SSSR count). The number of carbonyl (C=O) groups is 8. The third kappa shape index (κ3) is 20.8. The van der Waals surface area contributed by atoms with E-state index < -0.39 is 136 Å². The van der Waals surface area contributed by atoms with E-state index in [1.165, 1.54) is 0 Å². The lowest BCUT2D eigenvalue weighted by Gasteiger charge is -2.34. The van der Waals surface area contributed by atoms with Gasteiger partial charge in [-0.3, -0.25) is 33.6 Å². The minimum Gasteiger partial charge on any atom is -0.481 e. The van der Waals surface area contributed by atoms with Crippen LogP contribution in [0.3, 0.4) is 0 Å². The van der Waals surface area contributed by atoms with E-state index in [-0.39, 0.29) is 25.0 Å². The molecule has 61 heavy (non-hydrogen) atoms. The highest BCUT2D eigenvalue weighted by atomic mass is 32.2. The molecule has 0 saturated carbocycles. The van der Waals surface area contributed by atoms with Crippen molar-refractivity contribution in [3.8, 4) is 0 Å². The molecular weight excluding hydrogens is 830 g/mol. The van der Waals surface area contributed by atoms with Crippen molar-refractivity contribution in [1.29, 1.82) is 0 Å². The number of rotatable bonds is 24. The van der Waals surface area contributed by atoms with E-state index in [2.05, 4.69) is 26.6 Å². The average Bonchev–Trinajstić information content (AvgIpc) is 3.11. The summed E-state index contributed by atoms with van der Waals surface area (Å²) < 4.78 is 63.0. The lowest BCUT2D eigenvalue weighted by atomic mass is 9.85. The molecule has 0 radical (unpaired) electrons. The van der Waals surface area contributed by atoms with Crippen molar-refractivity contribution < 1.29 is 65.1 Å². The predicted molar refractivity (Wildman–Crippen MR) is 218 cm³/mol. The lowest BCUT2D eigenvalue weighted by molar-refractivity contribution is -0.147. The van der Waals surface area contributed by atoms with Gasteiger partial charge >= 0.3 is 12.1 Å². The van der Waals surface area contributed by atoms with Gasteiger partial charge in [-0.15, -0.1) is 0 Å². The number of carboxylic acids is 1. The SMILES string of the molecule is Cc1ccccc1C[C@H](NC(=O)[C@H](NC(=O)[C@H](CCS(C)(=O)=O)NC(=O)CCC(=O)O)C(C)C)C(=O)N[C@H](C(=O)N[C@@H](CC(C)C)C(=O)NC(C=O)CC(F)(F)F)C(C)(C)C. The largest absolute Gasteiger partial charge is 0.481 e. The second kappa shape index (κ2) is 23.8. The number of aliphatic carboxylic acids is 1. The van der Waals surface area contributed by atoms with Gasteiger partial charge in [0.1, 0.15) is 46.3 Å². The Morgan fingerprint density at radius 2 is 1.31 bits per heavy atom. The Morgan fingerprint density at radius 1 is 0.754 bits per heavy atom. The molecule has 1 aromatic carbocycles. The summed E-state index contributed by atoms with van der Waals surface area (Å²) in [6.07, 6.45) is -7.19. The van der Waals surface area contributed by atoms with Crippen molar-refractivity contribution in [3.05, 3.63) is 35.4 Å². The third-order valence-corrected chi connectivity index (χ3v) is 10.2. The van der Waals surface area contributed by atoms with Crippen LogP contribution >= 0.6 is 0 Å². The van der Waals surface area contributed by atoms with Gasteiger partial charge in [0.25, 0.3) is 0 Å². The second-order valence-electron chi connectivity index (χ2n) is 16.9. The number of carboxylic acid groups (broad SMARTS) is 1. The summed E-state index contributed by atoms with van der Waals surface area (Å²) in [5.74, 6) is -8.22. The molecule has 0 aliphatic rings. The molecule has 21 heteroatoms. The maximum atomic E-state index is 14.2. The Morgan fingerprint density at radius 3 is 1.80 bits per heavy atom. The first-order valence-corrected chi connectivity index (χ1v) is 21.8. The second-order valence-corrected chi connectivity index (χ2v) is 19.2. The van der Waals surface area contributed by atoms with Crippen LogP contribution in [-0.2, 0) is 54.6 Å². The number of nitrogens with one attached hydrogen (secondary N) is 6. The zero-order valence-corrected chi connectivity index (χ0v) is 36.8. The van der Waals surface area contributed by atoms with Crippen LogP contribution in [0.2, 0.25) is 0 Å². The quantitative estimate of drug-likeness (QED) is 0.0734. The zero-order valence-electron chi connectivity index (χ0n) is 36.0. The molecule has 6 atom stereocenters. The monoisotopic (exact) mass is 890 g/mol. The fraction of sp³-hybridized carbons (Fsp3) is 0.650. The topological polar surface area (TPSA) is 263 Å². The molecular formula is C40H61F3N6O11S. The molecule has 1 unspecified atom stereocenters. The van der Waals surface area contributed by atoms with Gasteiger partial charge in [0, 0.05) is 19.1 Å². The summed E-state index contributed by atoms with van der Waals surface area (Å²) in [6, 6.07) is -2.08. The van der Waals surface area contributed by atoms with Gasteiger partial charge < -0.3 is 41.8 Å². The lowest BCUT2D eigenvalue weighted by Crippen LogP contribution is -2.62. The van der Waals surface area contributed by atoms with Crippen LogP contribution in [0.4, 0.5) is 13.2 Å². The number of amides is 6. The summed E-state index contributed by atoms with van der Waals surface area (Å²) in [7, 11) is -3.64. The molecule has 1 aromatic rings. The minimum absolute atomic E-state index is 0.0462. The fourth-order valence-electron chi connectivity index (χ4n) is 5.95. The molecule has 6 amide bonds. The van der Waals surface area contributed by atoms with Crippen LogP contribution in [-0.4, -0.2) is 116 Å². The molecule has 17 nitrogen and oxygen atoms in total. The van der Waals surface area contributed by atoms with Gasteiger partial charge in [0.2, 0.25) is 35.4 Å². The van der Waals surface area contributed by atoms with Crippen molar-refractivity contribution >= 4 is 57.5 Å². The van der Waals surface area contributed by atoms with Crippen LogP contribution in [0.15, 0.2) is 24.3 Å². The highest BCUT2D eigenvalue weighted by molar-refractivity contribution is 7.90. The van der Waals surface area contributed by atoms with E-state index in [0.29, 0.717) is 5.56 Å². The standard InChI is InChI=1S/C40H61F3N6O11S/c1-22(2)18-28(35(55)44-26(21-50)20-40(41,42)43)47-38(58)33(39(6,7)8)49-36(56)29(19-25-13-11-10-12-24(25)5)46-37(57)32(23(3)4)48-34(54)27(16-17-61(9,59)60)45-30(51)14-15-31(52)53/h10-13,21-23,26-29,32-33H,14-20H2,1-9H3,(H,44,55)(H,45,51)(H,46,57)(H,47,58)(H,48,54)(H,49,56)(H,52,53)/t26?,27-,28-,29-,32+,33+/m0/s1. The number of carbonyl (C=O) groups excluding carboxylic acids is 7. The molecule has 0 bridgehead atoms. The molecule has 0 spiro atoms. The average molecular weight is 891 g/mol. The summed E-state index contributed by atoms with van der Waals surface area (Å²) >= 11 is 0. The first kappa shape index (κ1) is 53.9. The van der Waals surface area contributed by atoms with Crippen molar-refractivity contribution in [2.24, 2.45) is 17.3 Å². The van der Waals surface area contributed by atoms with Crippen LogP contribution in [0, 0.1) is 24.2 Å². The number of aryl methyl sites for hydroxylation is 1. The highest BCUT2D eigenvalue weighted by Gasteiger charge is 2.39. The normalized spacial score (nSPS) is 15.0. The minimum atomic E-state index is -4.77. The van der Waals surface area contributed by atoms with Gasteiger partial charge in [-0.05, 0) is 48.1 Å².